The van der Waals surface area contributed by atoms with E-state index in [9.17, 15) is 14.7 Å². The number of nitrogens with zero attached hydrogens (tertiary/aromatic N) is 1. The summed E-state index contributed by atoms with van der Waals surface area (Å²) in [5.74, 6) is -1.16. The van der Waals surface area contributed by atoms with Gasteiger partial charge in [0.1, 0.15) is 0 Å². The fourth-order valence-corrected chi connectivity index (χ4v) is 2.41. The highest BCUT2D eigenvalue weighted by Crippen LogP contribution is 2.30. The van der Waals surface area contributed by atoms with Crippen LogP contribution >= 0.6 is 11.6 Å². The quantitative estimate of drug-likeness (QED) is 0.906. The molecule has 0 bridgehead atoms. The SMILES string of the molecule is Cc1ccccc1C(C(=O)O)N(C(N)=O)c1ccc(Cl)cc1. The fraction of sp³-hybridized carbons (Fsp3) is 0.125. The van der Waals surface area contributed by atoms with E-state index in [2.05, 4.69) is 0 Å². The number of aryl methyl sites for hydroxylation is 1. The molecule has 114 valence electrons. The molecule has 0 aliphatic heterocycles. The highest BCUT2D eigenvalue weighted by Gasteiger charge is 2.32. The molecule has 0 aliphatic carbocycles. The molecule has 2 aromatic carbocycles. The third-order valence-corrected chi connectivity index (χ3v) is 3.57. The Hall–Kier alpha value is -2.53. The molecule has 22 heavy (non-hydrogen) atoms. The van der Waals surface area contributed by atoms with Crippen molar-refractivity contribution in [3.8, 4) is 0 Å². The van der Waals surface area contributed by atoms with Gasteiger partial charge in [-0.1, -0.05) is 35.9 Å². The lowest BCUT2D eigenvalue weighted by Gasteiger charge is -2.28. The second-order valence-electron chi connectivity index (χ2n) is 4.78. The fourth-order valence-electron chi connectivity index (χ4n) is 2.28. The number of rotatable bonds is 4. The number of amides is 2. The van der Waals surface area contributed by atoms with Gasteiger partial charge in [0.2, 0.25) is 0 Å². The molecule has 2 rings (SSSR count). The van der Waals surface area contributed by atoms with Crippen molar-refractivity contribution in [1.29, 1.82) is 0 Å². The number of primary amides is 1. The molecule has 2 aromatic rings. The summed E-state index contributed by atoms with van der Waals surface area (Å²) in [5.41, 5.74) is 7.05. The van der Waals surface area contributed by atoms with E-state index in [1.54, 1.807) is 55.5 Å². The molecule has 0 heterocycles. The lowest BCUT2D eigenvalue weighted by atomic mass is 9.99. The van der Waals surface area contributed by atoms with E-state index in [0.29, 0.717) is 16.3 Å². The van der Waals surface area contributed by atoms with E-state index in [0.717, 1.165) is 10.5 Å². The standard InChI is InChI=1S/C16H15ClN2O3/c1-10-4-2-3-5-13(10)14(15(20)21)19(16(18)22)12-8-6-11(17)7-9-12/h2-9,14H,1H3,(H2,18,22)(H,20,21). The molecule has 0 fully saturated rings. The summed E-state index contributed by atoms with van der Waals surface area (Å²) >= 11 is 5.83. The van der Waals surface area contributed by atoms with Crippen LogP contribution in [-0.2, 0) is 4.79 Å². The van der Waals surface area contributed by atoms with Crippen LogP contribution in [-0.4, -0.2) is 17.1 Å². The molecule has 3 N–H and O–H groups in total. The van der Waals surface area contributed by atoms with Crippen LogP contribution in [0.3, 0.4) is 0 Å². The average molecular weight is 319 g/mol. The lowest BCUT2D eigenvalue weighted by molar-refractivity contribution is -0.138. The average Bonchev–Trinajstić information content (AvgIpc) is 2.46. The predicted molar refractivity (Wildman–Crippen MR) is 85.1 cm³/mol. The van der Waals surface area contributed by atoms with Crippen molar-refractivity contribution in [3.63, 3.8) is 0 Å². The Morgan fingerprint density at radius 1 is 1.14 bits per heavy atom. The first-order valence-corrected chi connectivity index (χ1v) is 6.92. The van der Waals surface area contributed by atoms with E-state index in [4.69, 9.17) is 17.3 Å². The number of carboxylic acid groups (broad SMARTS) is 1. The van der Waals surface area contributed by atoms with Crippen molar-refractivity contribution >= 4 is 29.3 Å². The summed E-state index contributed by atoms with van der Waals surface area (Å²) < 4.78 is 0. The Morgan fingerprint density at radius 2 is 1.73 bits per heavy atom. The summed E-state index contributed by atoms with van der Waals surface area (Å²) in [7, 11) is 0. The van der Waals surface area contributed by atoms with Gasteiger partial charge in [-0.25, -0.2) is 9.59 Å². The zero-order valence-electron chi connectivity index (χ0n) is 11.9. The summed E-state index contributed by atoms with van der Waals surface area (Å²) in [4.78, 5) is 24.7. The number of urea groups is 1. The Balaban J connectivity index is 2.56. The minimum absolute atomic E-state index is 0.368. The van der Waals surface area contributed by atoms with E-state index in [1.165, 1.54) is 0 Å². The van der Waals surface area contributed by atoms with Crippen LogP contribution in [0.4, 0.5) is 10.5 Å². The molecule has 0 spiro atoms. The second-order valence-corrected chi connectivity index (χ2v) is 5.22. The Bertz CT molecular complexity index is 701. The number of benzene rings is 2. The van der Waals surface area contributed by atoms with Crippen molar-refractivity contribution < 1.29 is 14.7 Å². The van der Waals surface area contributed by atoms with Gasteiger partial charge in [0, 0.05) is 10.7 Å². The number of anilines is 1. The van der Waals surface area contributed by atoms with Gasteiger partial charge in [-0.3, -0.25) is 4.90 Å². The van der Waals surface area contributed by atoms with Gasteiger partial charge < -0.3 is 10.8 Å². The van der Waals surface area contributed by atoms with Crippen LogP contribution in [0.5, 0.6) is 0 Å². The Morgan fingerprint density at radius 3 is 2.23 bits per heavy atom. The molecule has 1 atom stereocenters. The molecular weight excluding hydrogens is 304 g/mol. The van der Waals surface area contributed by atoms with Crippen LogP contribution in [0.15, 0.2) is 48.5 Å². The summed E-state index contributed by atoms with van der Waals surface area (Å²) in [5, 5.41) is 10.1. The predicted octanol–water partition coefficient (Wildman–Crippen LogP) is 3.36. The molecular formula is C16H15ClN2O3. The van der Waals surface area contributed by atoms with Crippen molar-refractivity contribution in [2.75, 3.05) is 4.90 Å². The van der Waals surface area contributed by atoms with E-state index < -0.39 is 18.0 Å². The summed E-state index contributed by atoms with van der Waals surface area (Å²) in [6, 6.07) is 11.2. The Kier molecular flexibility index (Phi) is 4.68. The number of halogens is 1. The maximum atomic E-state index is 11.9. The van der Waals surface area contributed by atoms with Gasteiger partial charge in [0.15, 0.2) is 6.04 Å². The largest absolute Gasteiger partial charge is 0.479 e. The number of carbonyl (C=O) groups is 2. The molecule has 6 heteroatoms. The first-order chi connectivity index (χ1) is 10.4. The van der Waals surface area contributed by atoms with Crippen LogP contribution < -0.4 is 10.6 Å². The number of carboxylic acids is 1. The van der Waals surface area contributed by atoms with E-state index >= 15 is 0 Å². The molecule has 2 amide bonds. The van der Waals surface area contributed by atoms with Gasteiger partial charge in [0.05, 0.1) is 0 Å². The summed E-state index contributed by atoms with van der Waals surface area (Å²) in [6.45, 7) is 1.78. The number of carbonyl (C=O) groups excluding carboxylic acids is 1. The van der Waals surface area contributed by atoms with Crippen LogP contribution in [0.2, 0.25) is 5.02 Å². The zero-order chi connectivity index (χ0) is 16.3. The highest BCUT2D eigenvalue weighted by molar-refractivity contribution is 6.30. The molecule has 0 saturated carbocycles. The number of nitrogens with two attached hydrogens (primary N) is 1. The van der Waals surface area contributed by atoms with Crippen LogP contribution in [0, 0.1) is 6.92 Å². The monoisotopic (exact) mass is 318 g/mol. The molecule has 1 unspecified atom stereocenters. The van der Waals surface area contributed by atoms with E-state index in [-0.39, 0.29) is 0 Å². The van der Waals surface area contributed by atoms with Gasteiger partial charge >= 0.3 is 12.0 Å². The molecule has 0 saturated heterocycles. The second kappa shape index (κ2) is 6.49. The number of hydrogen-bond acceptors (Lipinski definition) is 2. The number of hydrogen-bond donors (Lipinski definition) is 2. The van der Waals surface area contributed by atoms with Gasteiger partial charge in [-0.2, -0.15) is 0 Å². The Labute approximate surface area is 132 Å². The van der Waals surface area contributed by atoms with Gasteiger partial charge in [0.25, 0.3) is 0 Å². The highest BCUT2D eigenvalue weighted by atomic mass is 35.5. The van der Waals surface area contributed by atoms with Crippen molar-refractivity contribution in [3.05, 3.63) is 64.7 Å². The first kappa shape index (κ1) is 15.9. The third-order valence-electron chi connectivity index (χ3n) is 3.32. The molecule has 0 aliphatic rings. The van der Waals surface area contributed by atoms with Crippen LogP contribution in [0.1, 0.15) is 17.2 Å². The topological polar surface area (TPSA) is 83.6 Å². The maximum Gasteiger partial charge on any atom is 0.331 e. The maximum absolute atomic E-state index is 11.9. The van der Waals surface area contributed by atoms with Gasteiger partial charge in [-0.05, 0) is 42.3 Å². The minimum atomic E-state index is -1.21. The van der Waals surface area contributed by atoms with E-state index in [1.807, 2.05) is 0 Å². The van der Waals surface area contributed by atoms with Crippen molar-refractivity contribution in [2.45, 2.75) is 13.0 Å². The minimum Gasteiger partial charge on any atom is -0.479 e. The van der Waals surface area contributed by atoms with Crippen molar-refractivity contribution in [1.82, 2.24) is 0 Å². The number of aliphatic carboxylic acids is 1. The third kappa shape index (κ3) is 3.20. The van der Waals surface area contributed by atoms with Crippen LogP contribution in [0.25, 0.3) is 0 Å². The lowest BCUT2D eigenvalue weighted by Crippen LogP contribution is -2.42. The summed E-state index contributed by atoms with van der Waals surface area (Å²) in [6.07, 6.45) is 0. The van der Waals surface area contributed by atoms with Crippen molar-refractivity contribution in [2.24, 2.45) is 5.73 Å². The molecule has 0 aromatic heterocycles. The first-order valence-electron chi connectivity index (χ1n) is 6.54. The van der Waals surface area contributed by atoms with Gasteiger partial charge in [-0.15, -0.1) is 0 Å². The molecule has 0 radical (unpaired) electrons. The zero-order valence-corrected chi connectivity index (χ0v) is 12.6. The smallest absolute Gasteiger partial charge is 0.331 e. The molecule has 5 nitrogen and oxygen atoms in total. The normalized spacial score (nSPS) is 11.7.